The minimum absolute atomic E-state index is 0.142. The van der Waals surface area contributed by atoms with Gasteiger partial charge in [-0.2, -0.15) is 0 Å². The highest BCUT2D eigenvalue weighted by Crippen LogP contribution is 2.37. The maximum atomic E-state index is 12.0. The summed E-state index contributed by atoms with van der Waals surface area (Å²) in [6.07, 6.45) is 5.44. The van der Waals surface area contributed by atoms with E-state index in [1.807, 2.05) is 6.92 Å². The highest BCUT2D eigenvalue weighted by Gasteiger charge is 2.34. The largest absolute Gasteiger partial charge is 0.468 e. The summed E-state index contributed by atoms with van der Waals surface area (Å²) >= 11 is 0. The molecule has 0 aliphatic heterocycles. The van der Waals surface area contributed by atoms with Crippen molar-refractivity contribution in [2.75, 3.05) is 33.8 Å². The molecule has 21 heavy (non-hydrogen) atoms. The van der Waals surface area contributed by atoms with Gasteiger partial charge in [-0.25, -0.2) is 0 Å². The Kier molecular flexibility index (Phi) is 7.67. The quantitative estimate of drug-likeness (QED) is 0.470. The van der Waals surface area contributed by atoms with Crippen LogP contribution in [0, 0.1) is 11.8 Å². The molecule has 0 heterocycles. The zero-order chi connectivity index (χ0) is 15.9. The zero-order valence-electron chi connectivity index (χ0n) is 14.6. The average molecular weight is 298 g/mol. The van der Waals surface area contributed by atoms with Gasteiger partial charge in [0.05, 0.1) is 7.11 Å². The van der Waals surface area contributed by atoms with E-state index in [2.05, 4.69) is 31.1 Å². The molecule has 0 aromatic carbocycles. The molecule has 3 unspecified atom stereocenters. The molecule has 4 nitrogen and oxygen atoms in total. The third-order valence-electron chi connectivity index (χ3n) is 4.69. The van der Waals surface area contributed by atoms with Crippen LogP contribution >= 0.6 is 0 Å². The molecular weight excluding hydrogens is 264 g/mol. The molecule has 1 N–H and O–H groups in total. The molecule has 3 atom stereocenters. The number of esters is 1. The molecule has 1 aliphatic carbocycles. The first-order chi connectivity index (χ1) is 9.92. The van der Waals surface area contributed by atoms with Crippen molar-refractivity contribution in [3.63, 3.8) is 0 Å². The molecule has 4 heteroatoms. The van der Waals surface area contributed by atoms with Gasteiger partial charge >= 0.3 is 5.97 Å². The molecule has 0 saturated heterocycles. The van der Waals surface area contributed by atoms with Crippen LogP contribution in [0.1, 0.15) is 52.9 Å². The van der Waals surface area contributed by atoms with E-state index in [0.29, 0.717) is 0 Å². The third kappa shape index (κ3) is 6.35. The molecule has 0 radical (unpaired) electrons. The van der Waals surface area contributed by atoms with E-state index in [9.17, 15) is 4.79 Å². The summed E-state index contributed by atoms with van der Waals surface area (Å²) in [6, 6.07) is 0. The summed E-state index contributed by atoms with van der Waals surface area (Å²) in [4.78, 5) is 14.4. The summed E-state index contributed by atoms with van der Waals surface area (Å²) in [6.45, 7) is 9.60. The normalized spacial score (nSPS) is 23.9. The van der Waals surface area contributed by atoms with Gasteiger partial charge in [-0.1, -0.05) is 13.8 Å². The van der Waals surface area contributed by atoms with E-state index in [0.717, 1.165) is 50.6 Å². The maximum absolute atomic E-state index is 12.0. The van der Waals surface area contributed by atoms with Gasteiger partial charge in [-0.3, -0.25) is 4.79 Å². The summed E-state index contributed by atoms with van der Waals surface area (Å²) in [7, 11) is 3.68. The second kappa shape index (κ2) is 8.74. The van der Waals surface area contributed by atoms with Crippen molar-refractivity contribution in [2.24, 2.45) is 11.8 Å². The van der Waals surface area contributed by atoms with Crippen molar-refractivity contribution in [3.8, 4) is 0 Å². The number of hydrogen-bond acceptors (Lipinski definition) is 4. The Morgan fingerprint density at radius 2 is 2.10 bits per heavy atom. The molecule has 1 fully saturated rings. The number of carbonyl (C=O) groups is 1. The fraction of sp³-hybridized carbons (Fsp3) is 0.941. The second-order valence-electron chi connectivity index (χ2n) is 6.94. The van der Waals surface area contributed by atoms with Gasteiger partial charge in [0.1, 0.15) is 5.54 Å². The Bertz CT molecular complexity index is 322. The Hall–Kier alpha value is -0.610. The fourth-order valence-corrected chi connectivity index (χ4v) is 2.89. The van der Waals surface area contributed by atoms with E-state index >= 15 is 0 Å². The molecule has 0 aromatic heterocycles. The van der Waals surface area contributed by atoms with E-state index in [-0.39, 0.29) is 5.97 Å². The van der Waals surface area contributed by atoms with Crippen molar-refractivity contribution >= 4 is 5.97 Å². The Morgan fingerprint density at radius 3 is 2.62 bits per heavy atom. The maximum Gasteiger partial charge on any atom is 0.325 e. The first kappa shape index (κ1) is 18.4. The second-order valence-corrected chi connectivity index (χ2v) is 6.94. The van der Waals surface area contributed by atoms with E-state index in [1.54, 1.807) is 0 Å². The summed E-state index contributed by atoms with van der Waals surface area (Å²) < 4.78 is 4.95. The lowest BCUT2D eigenvalue weighted by atomic mass is 9.94. The Balaban J connectivity index is 2.24. The number of ether oxygens (including phenoxy) is 1. The molecule has 0 bridgehead atoms. The summed E-state index contributed by atoms with van der Waals surface area (Å²) in [5, 5.41) is 3.34. The predicted octanol–water partition coefficient (Wildman–Crippen LogP) is 2.68. The zero-order valence-corrected chi connectivity index (χ0v) is 14.6. The van der Waals surface area contributed by atoms with E-state index in [4.69, 9.17) is 4.74 Å². The van der Waals surface area contributed by atoms with Crippen LogP contribution in [0.5, 0.6) is 0 Å². The summed E-state index contributed by atoms with van der Waals surface area (Å²) in [5.41, 5.74) is -0.533. The van der Waals surface area contributed by atoms with Crippen LogP contribution in [0.3, 0.4) is 0 Å². The lowest BCUT2D eigenvalue weighted by Gasteiger charge is -2.28. The number of nitrogens with one attached hydrogen (secondary N) is 1. The van der Waals surface area contributed by atoms with Crippen LogP contribution in [-0.2, 0) is 9.53 Å². The Morgan fingerprint density at radius 1 is 1.43 bits per heavy atom. The molecule has 1 rings (SSSR count). The number of rotatable bonds is 11. The van der Waals surface area contributed by atoms with Crippen LogP contribution in [0.15, 0.2) is 0 Å². The minimum atomic E-state index is -0.533. The van der Waals surface area contributed by atoms with Crippen molar-refractivity contribution in [3.05, 3.63) is 0 Å². The molecular formula is C17H34N2O2. The lowest BCUT2D eigenvalue weighted by Crippen LogP contribution is -2.50. The molecule has 1 aliphatic rings. The van der Waals surface area contributed by atoms with Crippen LogP contribution in [0.4, 0.5) is 0 Å². The number of nitrogens with zero attached hydrogens (tertiary/aromatic N) is 1. The number of methoxy groups -OCH3 is 1. The SMILES string of the molecule is CCCNC(C)(CCCCN(C)CC1CC1C)C(=O)OC. The average Bonchev–Trinajstić information content (AvgIpc) is 3.15. The van der Waals surface area contributed by atoms with Crippen molar-refractivity contribution in [1.29, 1.82) is 0 Å². The first-order valence-corrected chi connectivity index (χ1v) is 8.45. The first-order valence-electron chi connectivity index (χ1n) is 8.45. The van der Waals surface area contributed by atoms with Crippen LogP contribution in [0.2, 0.25) is 0 Å². The van der Waals surface area contributed by atoms with Crippen LogP contribution in [-0.4, -0.2) is 50.2 Å². The molecule has 124 valence electrons. The predicted molar refractivity (Wildman–Crippen MR) is 87.3 cm³/mol. The third-order valence-corrected chi connectivity index (χ3v) is 4.69. The van der Waals surface area contributed by atoms with Gasteiger partial charge in [0.2, 0.25) is 0 Å². The fourth-order valence-electron chi connectivity index (χ4n) is 2.89. The van der Waals surface area contributed by atoms with Gasteiger partial charge in [-0.15, -0.1) is 0 Å². The lowest BCUT2D eigenvalue weighted by molar-refractivity contribution is -0.148. The smallest absolute Gasteiger partial charge is 0.325 e. The van der Waals surface area contributed by atoms with Gasteiger partial charge in [0.15, 0.2) is 0 Å². The Labute approximate surface area is 130 Å². The minimum Gasteiger partial charge on any atom is -0.468 e. The van der Waals surface area contributed by atoms with Gasteiger partial charge < -0.3 is 15.0 Å². The van der Waals surface area contributed by atoms with E-state index < -0.39 is 5.54 Å². The van der Waals surface area contributed by atoms with Gasteiger partial charge in [-0.05, 0) is 71.0 Å². The highest BCUT2D eigenvalue weighted by atomic mass is 16.5. The topological polar surface area (TPSA) is 41.6 Å². The molecule has 0 aromatic rings. The number of unbranched alkanes of at least 4 members (excludes halogenated alkanes) is 1. The standard InChI is InChI=1S/C17H34N2O2/c1-6-10-18-17(3,16(20)21-5)9-7-8-11-19(4)13-15-12-14(15)2/h14-15,18H,6-13H2,1-5H3. The van der Waals surface area contributed by atoms with Crippen LogP contribution < -0.4 is 5.32 Å². The monoisotopic (exact) mass is 298 g/mol. The van der Waals surface area contributed by atoms with Crippen molar-refractivity contribution in [1.82, 2.24) is 10.2 Å². The van der Waals surface area contributed by atoms with Crippen molar-refractivity contribution in [2.45, 2.75) is 58.4 Å². The summed E-state index contributed by atoms with van der Waals surface area (Å²) in [5.74, 6) is 1.70. The number of carbonyl (C=O) groups excluding carboxylic acids is 1. The molecule has 0 amide bonds. The van der Waals surface area contributed by atoms with Gasteiger partial charge in [0, 0.05) is 6.54 Å². The van der Waals surface area contributed by atoms with Crippen molar-refractivity contribution < 1.29 is 9.53 Å². The molecule has 1 saturated carbocycles. The van der Waals surface area contributed by atoms with E-state index in [1.165, 1.54) is 20.1 Å². The highest BCUT2D eigenvalue weighted by molar-refractivity contribution is 5.80. The van der Waals surface area contributed by atoms with Gasteiger partial charge in [0.25, 0.3) is 0 Å². The van der Waals surface area contributed by atoms with Crippen LogP contribution in [0.25, 0.3) is 0 Å². The molecule has 0 spiro atoms. The number of hydrogen-bond donors (Lipinski definition) is 1.